The van der Waals surface area contributed by atoms with E-state index in [9.17, 15) is 4.79 Å². The lowest BCUT2D eigenvalue weighted by Gasteiger charge is -2.22. The molecule has 1 fully saturated rings. The van der Waals surface area contributed by atoms with Gasteiger partial charge in [-0.1, -0.05) is 17.7 Å². The Kier molecular flexibility index (Phi) is 5.45. The Labute approximate surface area is 162 Å². The van der Waals surface area contributed by atoms with Crippen LogP contribution in [0.2, 0.25) is 0 Å². The van der Waals surface area contributed by atoms with Gasteiger partial charge in [0.15, 0.2) is 6.29 Å². The Morgan fingerprint density at radius 2 is 1.86 bits per heavy atom. The van der Waals surface area contributed by atoms with Crippen molar-refractivity contribution >= 4 is 5.91 Å². The number of carbonyl (C=O) groups excluding carboxylic acids is 1. The first-order valence-corrected chi connectivity index (χ1v) is 9.27. The summed E-state index contributed by atoms with van der Waals surface area (Å²) in [4.78, 5) is 17.5. The van der Waals surface area contributed by atoms with Crippen molar-refractivity contribution in [3.8, 4) is 22.9 Å². The fourth-order valence-corrected chi connectivity index (χ4v) is 2.98. The van der Waals surface area contributed by atoms with Crippen molar-refractivity contribution in [2.24, 2.45) is 0 Å². The molecule has 1 aromatic heterocycles. The van der Waals surface area contributed by atoms with Gasteiger partial charge < -0.3 is 9.15 Å². The average Bonchev–Trinajstić information content (AvgIpc) is 3.23. The van der Waals surface area contributed by atoms with E-state index in [2.05, 4.69) is 15.7 Å². The molecule has 2 heterocycles. The van der Waals surface area contributed by atoms with E-state index < -0.39 is 0 Å². The zero-order chi connectivity index (χ0) is 19.3. The van der Waals surface area contributed by atoms with Gasteiger partial charge in [0.05, 0.1) is 0 Å². The van der Waals surface area contributed by atoms with E-state index in [1.807, 2.05) is 31.2 Å². The van der Waals surface area contributed by atoms with Gasteiger partial charge in [-0.15, -0.1) is 10.2 Å². The highest BCUT2D eigenvalue weighted by Crippen LogP contribution is 2.24. The van der Waals surface area contributed by atoms with Crippen molar-refractivity contribution in [3.05, 3.63) is 59.7 Å². The second-order valence-corrected chi connectivity index (χ2v) is 6.70. The van der Waals surface area contributed by atoms with Crippen LogP contribution in [-0.4, -0.2) is 29.0 Å². The normalized spacial score (nSPS) is 16.7. The molecule has 7 nitrogen and oxygen atoms in total. The number of ether oxygens (including phenoxy) is 1. The molecule has 0 saturated carbocycles. The SMILES string of the molecule is Cc1cccc(-c2nnc(-c3ccc(C(=O)NOC4CCCCO4)cc3)o2)c1. The number of benzene rings is 2. The molecular weight excluding hydrogens is 358 g/mol. The van der Waals surface area contributed by atoms with Crippen LogP contribution in [0.4, 0.5) is 0 Å². The van der Waals surface area contributed by atoms with Gasteiger partial charge in [-0.25, -0.2) is 10.3 Å². The third-order valence-electron chi connectivity index (χ3n) is 4.51. The van der Waals surface area contributed by atoms with Crippen molar-refractivity contribution in [1.82, 2.24) is 15.7 Å². The van der Waals surface area contributed by atoms with Crippen molar-refractivity contribution in [2.75, 3.05) is 6.61 Å². The average molecular weight is 379 g/mol. The maximum Gasteiger partial charge on any atom is 0.274 e. The highest BCUT2D eigenvalue weighted by molar-refractivity contribution is 5.93. The van der Waals surface area contributed by atoms with E-state index in [0.717, 1.165) is 36.0 Å². The second kappa shape index (κ2) is 8.33. The number of hydroxylamine groups is 1. The van der Waals surface area contributed by atoms with E-state index in [4.69, 9.17) is 14.0 Å². The van der Waals surface area contributed by atoms with E-state index in [1.165, 1.54) is 0 Å². The van der Waals surface area contributed by atoms with Crippen LogP contribution >= 0.6 is 0 Å². The fourth-order valence-electron chi connectivity index (χ4n) is 2.98. The molecule has 144 valence electrons. The number of nitrogens with one attached hydrogen (secondary N) is 1. The van der Waals surface area contributed by atoms with Gasteiger partial charge in [-0.3, -0.25) is 4.79 Å². The summed E-state index contributed by atoms with van der Waals surface area (Å²) in [5, 5.41) is 8.22. The van der Waals surface area contributed by atoms with E-state index in [-0.39, 0.29) is 12.2 Å². The first kappa shape index (κ1) is 18.3. The van der Waals surface area contributed by atoms with E-state index in [0.29, 0.717) is 24.0 Å². The van der Waals surface area contributed by atoms with E-state index >= 15 is 0 Å². The molecular formula is C21H21N3O4. The molecule has 28 heavy (non-hydrogen) atoms. The Bertz CT molecular complexity index is 946. The maximum absolute atomic E-state index is 12.2. The van der Waals surface area contributed by atoms with Crippen LogP contribution in [0.25, 0.3) is 22.9 Å². The van der Waals surface area contributed by atoms with Crippen LogP contribution in [-0.2, 0) is 9.57 Å². The number of hydrogen-bond donors (Lipinski definition) is 1. The van der Waals surface area contributed by atoms with E-state index in [1.54, 1.807) is 24.3 Å². The zero-order valence-electron chi connectivity index (χ0n) is 15.6. The number of hydrogen-bond acceptors (Lipinski definition) is 6. The summed E-state index contributed by atoms with van der Waals surface area (Å²) in [5.41, 5.74) is 5.64. The lowest BCUT2D eigenvalue weighted by Crippen LogP contribution is -2.33. The van der Waals surface area contributed by atoms with Gasteiger partial charge in [0.25, 0.3) is 5.91 Å². The van der Waals surface area contributed by atoms with Crippen LogP contribution in [0, 0.1) is 6.92 Å². The first-order valence-electron chi connectivity index (χ1n) is 9.27. The van der Waals surface area contributed by atoms with Gasteiger partial charge in [0.1, 0.15) is 0 Å². The van der Waals surface area contributed by atoms with Crippen molar-refractivity contribution in [3.63, 3.8) is 0 Å². The van der Waals surface area contributed by atoms with Gasteiger partial charge in [0.2, 0.25) is 11.8 Å². The van der Waals surface area contributed by atoms with Gasteiger partial charge in [0, 0.05) is 29.7 Å². The Hall–Kier alpha value is -3.03. The predicted molar refractivity (Wildman–Crippen MR) is 102 cm³/mol. The predicted octanol–water partition coefficient (Wildman–Crippen LogP) is 3.90. The number of carbonyl (C=O) groups is 1. The monoisotopic (exact) mass is 379 g/mol. The molecule has 1 atom stereocenters. The summed E-state index contributed by atoms with van der Waals surface area (Å²) in [6.07, 6.45) is 2.45. The molecule has 3 aromatic rings. The molecule has 0 radical (unpaired) electrons. The molecule has 1 saturated heterocycles. The molecule has 1 unspecified atom stereocenters. The summed E-state index contributed by atoms with van der Waals surface area (Å²) in [5.74, 6) is 0.531. The van der Waals surface area contributed by atoms with Gasteiger partial charge in [-0.2, -0.15) is 0 Å². The van der Waals surface area contributed by atoms with Crippen LogP contribution in [0.1, 0.15) is 35.2 Å². The smallest absolute Gasteiger partial charge is 0.274 e. The molecule has 4 rings (SSSR count). The number of amides is 1. The molecule has 0 aliphatic carbocycles. The number of aryl methyl sites for hydroxylation is 1. The molecule has 1 amide bonds. The zero-order valence-corrected chi connectivity index (χ0v) is 15.6. The highest BCUT2D eigenvalue weighted by atomic mass is 16.8. The minimum Gasteiger partial charge on any atom is -0.416 e. The Balaban J connectivity index is 1.41. The van der Waals surface area contributed by atoms with Crippen molar-refractivity contribution < 1.29 is 18.8 Å². The molecule has 1 N–H and O–H groups in total. The summed E-state index contributed by atoms with van der Waals surface area (Å²) in [6.45, 7) is 2.67. The van der Waals surface area contributed by atoms with Gasteiger partial charge >= 0.3 is 0 Å². The quantitative estimate of drug-likeness (QED) is 0.677. The third kappa shape index (κ3) is 4.27. The Morgan fingerprint density at radius 3 is 2.57 bits per heavy atom. The summed E-state index contributed by atoms with van der Waals surface area (Å²) < 4.78 is 11.2. The summed E-state index contributed by atoms with van der Waals surface area (Å²) in [6, 6.07) is 14.8. The molecule has 0 spiro atoms. The second-order valence-electron chi connectivity index (χ2n) is 6.70. The summed E-state index contributed by atoms with van der Waals surface area (Å²) >= 11 is 0. The molecule has 1 aliphatic heterocycles. The van der Waals surface area contributed by atoms with Crippen molar-refractivity contribution in [2.45, 2.75) is 32.5 Å². The van der Waals surface area contributed by atoms with Gasteiger partial charge in [-0.05, 0) is 56.2 Å². The minimum absolute atomic E-state index is 0.327. The lowest BCUT2D eigenvalue weighted by atomic mass is 10.1. The standard InChI is InChI=1S/C21H21N3O4/c1-14-5-4-6-17(13-14)21-23-22-20(27-21)16-10-8-15(9-11-16)19(25)24-28-18-7-2-3-12-26-18/h4-6,8-11,13,18H,2-3,7,12H2,1H3,(H,24,25). The van der Waals surface area contributed by atoms with Crippen molar-refractivity contribution in [1.29, 1.82) is 0 Å². The number of rotatable bonds is 5. The Morgan fingerprint density at radius 1 is 1.07 bits per heavy atom. The minimum atomic E-state index is -0.379. The molecule has 0 bridgehead atoms. The topological polar surface area (TPSA) is 86.5 Å². The number of nitrogens with zero attached hydrogens (tertiary/aromatic N) is 2. The first-order chi connectivity index (χ1) is 13.7. The highest BCUT2D eigenvalue weighted by Gasteiger charge is 2.17. The van der Waals surface area contributed by atoms with Crippen LogP contribution in [0.15, 0.2) is 52.9 Å². The van der Waals surface area contributed by atoms with Crippen LogP contribution in [0.5, 0.6) is 0 Å². The van der Waals surface area contributed by atoms with Crippen LogP contribution < -0.4 is 5.48 Å². The molecule has 7 heteroatoms. The third-order valence-corrected chi connectivity index (χ3v) is 4.51. The molecule has 1 aliphatic rings. The number of aromatic nitrogens is 2. The fraction of sp³-hybridized carbons (Fsp3) is 0.286. The van der Waals surface area contributed by atoms with Crippen LogP contribution in [0.3, 0.4) is 0 Å². The summed E-state index contributed by atoms with van der Waals surface area (Å²) in [7, 11) is 0. The molecule has 2 aromatic carbocycles. The maximum atomic E-state index is 12.2. The largest absolute Gasteiger partial charge is 0.416 e. The lowest BCUT2D eigenvalue weighted by molar-refractivity contribution is -0.186.